The highest BCUT2D eigenvalue weighted by Gasteiger charge is 2.27. The topological polar surface area (TPSA) is 50.1 Å². The summed E-state index contributed by atoms with van der Waals surface area (Å²) in [5.74, 6) is 1.72. The van der Waals surface area contributed by atoms with E-state index >= 15 is 0 Å². The molecule has 1 saturated carbocycles. The fraction of sp³-hybridized carbons (Fsp3) is 0.500. The average Bonchev–Trinajstić information content (AvgIpc) is 3.10. The molecule has 1 heterocycles. The molecule has 1 aliphatic rings. The number of nitrogens with zero attached hydrogens (tertiary/aromatic N) is 2. The van der Waals surface area contributed by atoms with Crippen molar-refractivity contribution < 1.29 is 5.11 Å². The predicted molar refractivity (Wildman–Crippen MR) is 89.2 cm³/mol. The molecule has 0 amide bonds. The Morgan fingerprint density at radius 2 is 2.00 bits per heavy atom. The monoisotopic (exact) mass is 299 g/mol. The molecule has 2 atom stereocenters. The van der Waals surface area contributed by atoms with Crippen molar-refractivity contribution in [1.29, 1.82) is 0 Å². The Balaban J connectivity index is 1.70. The third-order valence-electron chi connectivity index (χ3n) is 4.78. The Hall–Kier alpha value is -1.81. The van der Waals surface area contributed by atoms with Crippen molar-refractivity contribution >= 4 is 5.82 Å². The molecule has 22 heavy (non-hydrogen) atoms. The predicted octanol–water partition coefficient (Wildman–Crippen LogP) is 3.24. The molecule has 0 radical (unpaired) electrons. The van der Waals surface area contributed by atoms with Gasteiger partial charge in [0.1, 0.15) is 5.82 Å². The lowest BCUT2D eigenvalue weighted by Gasteiger charge is -2.17. The second kappa shape index (κ2) is 6.53. The van der Waals surface area contributed by atoms with Gasteiger partial charge in [0.15, 0.2) is 0 Å². The molecule has 3 rings (SSSR count). The van der Waals surface area contributed by atoms with Crippen LogP contribution >= 0.6 is 0 Å². The first-order valence-corrected chi connectivity index (χ1v) is 8.15. The zero-order chi connectivity index (χ0) is 15.5. The van der Waals surface area contributed by atoms with Crippen molar-refractivity contribution in [3.8, 4) is 0 Å². The lowest BCUT2D eigenvalue weighted by Crippen LogP contribution is -2.20. The maximum atomic E-state index is 9.21. The number of rotatable bonds is 5. The number of benzene rings is 1. The summed E-state index contributed by atoms with van der Waals surface area (Å²) >= 11 is 0. The molecule has 0 spiro atoms. The number of aliphatic hydroxyl groups excluding tert-OH is 1. The molecule has 1 aromatic carbocycles. The van der Waals surface area contributed by atoms with Crippen LogP contribution in [0.3, 0.4) is 0 Å². The van der Waals surface area contributed by atoms with Gasteiger partial charge in [0.2, 0.25) is 0 Å². The van der Waals surface area contributed by atoms with E-state index in [0.29, 0.717) is 18.5 Å². The summed E-state index contributed by atoms with van der Waals surface area (Å²) in [4.78, 5) is 0. The Kier molecular flexibility index (Phi) is 4.48. The van der Waals surface area contributed by atoms with Gasteiger partial charge in [0.25, 0.3) is 0 Å². The van der Waals surface area contributed by atoms with Gasteiger partial charge in [-0.3, -0.25) is 0 Å². The van der Waals surface area contributed by atoms with Gasteiger partial charge in [0, 0.05) is 11.6 Å². The summed E-state index contributed by atoms with van der Waals surface area (Å²) in [6.07, 6.45) is 3.57. The van der Waals surface area contributed by atoms with E-state index in [1.165, 1.54) is 24.0 Å². The summed E-state index contributed by atoms with van der Waals surface area (Å²) < 4.78 is 1.90. The van der Waals surface area contributed by atoms with Gasteiger partial charge in [-0.1, -0.05) is 30.3 Å². The van der Waals surface area contributed by atoms with E-state index in [4.69, 9.17) is 0 Å². The number of anilines is 1. The van der Waals surface area contributed by atoms with Gasteiger partial charge in [-0.15, -0.1) is 0 Å². The third kappa shape index (κ3) is 3.02. The molecule has 0 saturated heterocycles. The number of aryl methyl sites for hydroxylation is 1. The van der Waals surface area contributed by atoms with Gasteiger partial charge < -0.3 is 10.4 Å². The number of aromatic nitrogens is 2. The van der Waals surface area contributed by atoms with Crippen LogP contribution in [0.5, 0.6) is 0 Å². The van der Waals surface area contributed by atoms with Crippen LogP contribution < -0.4 is 5.32 Å². The van der Waals surface area contributed by atoms with E-state index in [1.807, 2.05) is 11.6 Å². The first-order valence-electron chi connectivity index (χ1n) is 8.15. The lowest BCUT2D eigenvalue weighted by molar-refractivity contribution is 0.270. The maximum Gasteiger partial charge on any atom is 0.127 e. The molecular formula is C18H25N3O. The maximum absolute atomic E-state index is 9.21. The molecule has 4 nitrogen and oxygen atoms in total. The number of nitrogens with one attached hydrogen (secondary N) is 1. The summed E-state index contributed by atoms with van der Waals surface area (Å²) in [7, 11) is 0. The second-order valence-electron chi connectivity index (χ2n) is 6.27. The largest absolute Gasteiger partial charge is 0.394 e. The normalized spacial score (nSPS) is 21.2. The molecule has 1 fully saturated rings. The Labute approximate surface area is 132 Å². The summed E-state index contributed by atoms with van der Waals surface area (Å²) in [5, 5.41) is 17.4. The van der Waals surface area contributed by atoms with E-state index in [2.05, 4.69) is 47.7 Å². The number of aliphatic hydroxyl groups is 1. The molecule has 2 unspecified atom stereocenters. The Morgan fingerprint density at radius 3 is 2.73 bits per heavy atom. The van der Waals surface area contributed by atoms with E-state index in [1.54, 1.807) is 0 Å². The van der Waals surface area contributed by atoms with Crippen molar-refractivity contribution in [3.63, 3.8) is 0 Å². The first kappa shape index (κ1) is 15.1. The molecule has 118 valence electrons. The minimum Gasteiger partial charge on any atom is -0.394 e. The molecule has 2 aromatic rings. The fourth-order valence-electron chi connectivity index (χ4n) is 3.44. The zero-order valence-corrected chi connectivity index (χ0v) is 13.4. The number of hydrogen-bond donors (Lipinski definition) is 2. The van der Waals surface area contributed by atoms with Crippen molar-refractivity contribution in [2.45, 2.75) is 51.6 Å². The van der Waals surface area contributed by atoms with Crippen LogP contribution in [0.4, 0.5) is 5.82 Å². The van der Waals surface area contributed by atoms with Gasteiger partial charge in [-0.25, -0.2) is 4.68 Å². The van der Waals surface area contributed by atoms with E-state index < -0.39 is 0 Å². The molecule has 4 heteroatoms. The summed E-state index contributed by atoms with van der Waals surface area (Å²) in [6.45, 7) is 4.79. The summed E-state index contributed by atoms with van der Waals surface area (Å²) in [5.41, 5.74) is 3.67. The molecule has 0 aliphatic heterocycles. The van der Waals surface area contributed by atoms with Gasteiger partial charge in [-0.2, -0.15) is 5.10 Å². The van der Waals surface area contributed by atoms with Gasteiger partial charge in [-0.05, 0) is 44.6 Å². The zero-order valence-electron chi connectivity index (χ0n) is 13.4. The quantitative estimate of drug-likeness (QED) is 0.891. The van der Waals surface area contributed by atoms with Gasteiger partial charge in [0.05, 0.1) is 18.8 Å². The van der Waals surface area contributed by atoms with Crippen LogP contribution in [0.1, 0.15) is 42.0 Å². The van der Waals surface area contributed by atoms with Crippen molar-refractivity contribution in [2.75, 3.05) is 11.9 Å². The molecular weight excluding hydrogens is 274 g/mol. The minimum atomic E-state index is 0.118. The Bertz CT molecular complexity index is 621. The van der Waals surface area contributed by atoms with Crippen LogP contribution in [-0.2, 0) is 6.54 Å². The fourth-order valence-corrected chi connectivity index (χ4v) is 3.44. The second-order valence-corrected chi connectivity index (χ2v) is 6.27. The smallest absolute Gasteiger partial charge is 0.127 e. The van der Waals surface area contributed by atoms with Crippen molar-refractivity contribution in [2.24, 2.45) is 0 Å². The standard InChI is InChI=1S/C18H25N3O/c1-13-14(2)20-21(10-11-22)18(13)19-17-9-8-16(12-17)15-6-4-3-5-7-15/h3-7,16-17,19,22H,8-12H2,1-2H3. The highest BCUT2D eigenvalue weighted by molar-refractivity contribution is 5.47. The van der Waals surface area contributed by atoms with Crippen LogP contribution in [0.15, 0.2) is 30.3 Å². The highest BCUT2D eigenvalue weighted by atomic mass is 16.3. The lowest BCUT2D eigenvalue weighted by atomic mass is 9.98. The van der Waals surface area contributed by atoms with Crippen molar-refractivity contribution in [3.05, 3.63) is 47.2 Å². The minimum absolute atomic E-state index is 0.118. The van der Waals surface area contributed by atoms with Crippen LogP contribution in [0.2, 0.25) is 0 Å². The van der Waals surface area contributed by atoms with Crippen LogP contribution in [0.25, 0.3) is 0 Å². The van der Waals surface area contributed by atoms with E-state index in [0.717, 1.165) is 17.9 Å². The van der Waals surface area contributed by atoms with E-state index in [-0.39, 0.29) is 6.61 Å². The molecule has 2 N–H and O–H groups in total. The molecule has 1 aromatic heterocycles. The van der Waals surface area contributed by atoms with Crippen LogP contribution in [0, 0.1) is 13.8 Å². The highest BCUT2D eigenvalue weighted by Crippen LogP contribution is 2.36. The molecule has 0 bridgehead atoms. The molecule has 1 aliphatic carbocycles. The first-order chi connectivity index (χ1) is 10.7. The van der Waals surface area contributed by atoms with Gasteiger partial charge >= 0.3 is 0 Å². The van der Waals surface area contributed by atoms with Crippen molar-refractivity contribution in [1.82, 2.24) is 9.78 Å². The van der Waals surface area contributed by atoms with Crippen LogP contribution in [-0.4, -0.2) is 27.5 Å². The van der Waals surface area contributed by atoms with E-state index in [9.17, 15) is 5.11 Å². The third-order valence-corrected chi connectivity index (χ3v) is 4.78. The summed E-state index contributed by atoms with van der Waals surface area (Å²) in [6, 6.07) is 11.3. The number of hydrogen-bond acceptors (Lipinski definition) is 3. The SMILES string of the molecule is Cc1nn(CCO)c(NC2CCC(c3ccccc3)C2)c1C. The average molecular weight is 299 g/mol. The Morgan fingerprint density at radius 1 is 1.23 bits per heavy atom.